The molecule has 0 spiro atoms. The zero-order chi connectivity index (χ0) is 5.86. The third kappa shape index (κ3) is 17.6. The van der Waals surface area contributed by atoms with Gasteiger partial charge in [0.05, 0.1) is 0 Å². The van der Waals surface area contributed by atoms with Crippen LogP contribution in [-0.2, 0) is 42.1 Å². The van der Waals surface area contributed by atoms with E-state index in [0.29, 0.717) is 0 Å². The van der Waals surface area contributed by atoms with E-state index in [1.807, 2.05) is 0 Å². The fraction of sp³-hybridized carbons (Fsp3) is 0.600. The topological polar surface area (TPSA) is 40.5 Å². The van der Waals surface area contributed by atoms with Gasteiger partial charge in [-0.2, -0.15) is 0 Å². The van der Waals surface area contributed by atoms with E-state index in [0.717, 1.165) is 0 Å². The van der Waals surface area contributed by atoms with Crippen molar-refractivity contribution in [1.82, 2.24) is 0 Å². The molecular formula is C5H10O2W2-2. The molecule has 0 aliphatic rings. The molecule has 2 N–H and O–H groups in total. The Hall–Kier alpha value is 1.30. The Bertz CT molecular complexity index is 42.2. The van der Waals surface area contributed by atoms with E-state index in [1.54, 1.807) is 0 Å². The van der Waals surface area contributed by atoms with Crippen LogP contribution in [0.2, 0.25) is 0 Å². The van der Waals surface area contributed by atoms with Crippen molar-refractivity contribution < 1.29 is 52.3 Å². The van der Waals surface area contributed by atoms with Gasteiger partial charge < -0.3 is 24.1 Å². The minimum atomic E-state index is -0.688. The minimum Gasteiger partial charge on any atom is -0.425 e. The zero-order valence-electron chi connectivity index (χ0n) is 4.99. The maximum Gasteiger partial charge on any atom is 0 e. The second kappa shape index (κ2) is 9.30. The average molecular weight is 470 g/mol. The summed E-state index contributed by atoms with van der Waals surface area (Å²) in [7, 11) is 0. The molecule has 2 atom stereocenters. The van der Waals surface area contributed by atoms with Gasteiger partial charge in [0.2, 0.25) is 0 Å². The first-order valence-corrected chi connectivity index (χ1v) is 2.15. The molecule has 56 valence electrons. The molecule has 0 amide bonds. The van der Waals surface area contributed by atoms with E-state index < -0.39 is 12.2 Å². The van der Waals surface area contributed by atoms with E-state index in [-0.39, 0.29) is 48.6 Å². The van der Waals surface area contributed by atoms with E-state index in [4.69, 9.17) is 10.2 Å². The van der Waals surface area contributed by atoms with E-state index in [9.17, 15) is 0 Å². The fourth-order valence-electron chi connectivity index (χ4n) is 0.314. The van der Waals surface area contributed by atoms with Gasteiger partial charge in [-0.25, -0.2) is 0 Å². The van der Waals surface area contributed by atoms with Crippen LogP contribution in [0.5, 0.6) is 0 Å². The van der Waals surface area contributed by atoms with Gasteiger partial charge in [0.1, 0.15) is 0 Å². The van der Waals surface area contributed by atoms with Gasteiger partial charge in [-0.3, -0.25) is 0 Å². The summed E-state index contributed by atoms with van der Waals surface area (Å²) in [4.78, 5) is 0. The molecule has 0 radical (unpaired) electrons. The molecule has 0 saturated carbocycles. The minimum absolute atomic E-state index is 0. The summed E-state index contributed by atoms with van der Waals surface area (Å²) in [5.74, 6) is 0. The van der Waals surface area contributed by atoms with Gasteiger partial charge in [-0.1, -0.05) is 18.6 Å². The summed E-state index contributed by atoms with van der Waals surface area (Å²) >= 11 is 0. The van der Waals surface area contributed by atoms with Gasteiger partial charge in [0.25, 0.3) is 0 Å². The molecule has 0 bridgehead atoms. The zero-order valence-corrected chi connectivity index (χ0v) is 10.9. The van der Waals surface area contributed by atoms with Crippen molar-refractivity contribution >= 4 is 0 Å². The van der Waals surface area contributed by atoms with Crippen LogP contribution < -0.4 is 0 Å². The Morgan fingerprint density at radius 3 is 1.22 bits per heavy atom. The summed E-state index contributed by atoms with van der Waals surface area (Å²) in [6.45, 7) is 6.47. The monoisotopic (exact) mass is 470 g/mol. The number of hydrogen-bond donors (Lipinski definition) is 2. The molecule has 9 heavy (non-hydrogen) atoms. The largest absolute Gasteiger partial charge is 0.425 e. The number of rotatable bonds is 2. The molecule has 0 rings (SSSR count). The van der Waals surface area contributed by atoms with Crippen LogP contribution in [0, 0.1) is 13.8 Å². The molecule has 0 aromatic carbocycles. The molecule has 2 unspecified atom stereocenters. The molecule has 0 heterocycles. The Balaban J connectivity index is -0.000000180. The summed E-state index contributed by atoms with van der Waals surface area (Å²) < 4.78 is 0. The summed E-state index contributed by atoms with van der Waals surface area (Å²) in [6, 6.07) is 0. The van der Waals surface area contributed by atoms with Crippen molar-refractivity contribution in [2.75, 3.05) is 0 Å². The van der Waals surface area contributed by atoms with Crippen molar-refractivity contribution in [2.24, 2.45) is 0 Å². The standard InChI is InChI=1S/C5H10O2.2W/c1-4(6)3-5(2)7;;/h4-7H,1-3H2;;/q-2;;. The molecule has 0 aliphatic heterocycles. The first-order chi connectivity index (χ1) is 3.13. The number of aliphatic hydroxyl groups is 2. The smallest absolute Gasteiger partial charge is 0 e. The molecule has 0 aromatic heterocycles. The van der Waals surface area contributed by atoms with Crippen LogP contribution in [0.3, 0.4) is 0 Å². The number of hydrogen-bond acceptors (Lipinski definition) is 2. The van der Waals surface area contributed by atoms with Gasteiger partial charge in [-0.05, 0) is 0 Å². The molecule has 0 saturated heterocycles. The Morgan fingerprint density at radius 1 is 1.00 bits per heavy atom. The van der Waals surface area contributed by atoms with Crippen molar-refractivity contribution in [3.05, 3.63) is 13.8 Å². The maximum absolute atomic E-state index is 8.41. The molecule has 0 fully saturated rings. The summed E-state index contributed by atoms with van der Waals surface area (Å²) in [6.07, 6.45) is -1.13. The van der Waals surface area contributed by atoms with Crippen LogP contribution in [0.25, 0.3) is 0 Å². The Morgan fingerprint density at radius 2 is 1.22 bits per heavy atom. The molecule has 0 aliphatic carbocycles. The first-order valence-electron chi connectivity index (χ1n) is 2.15. The van der Waals surface area contributed by atoms with Crippen LogP contribution in [-0.4, -0.2) is 22.4 Å². The first kappa shape index (κ1) is 16.7. The normalized spacial score (nSPS) is 14.7. The molecule has 2 nitrogen and oxygen atoms in total. The van der Waals surface area contributed by atoms with Crippen molar-refractivity contribution in [2.45, 2.75) is 18.6 Å². The van der Waals surface area contributed by atoms with Gasteiger partial charge >= 0.3 is 0 Å². The quantitative estimate of drug-likeness (QED) is 0.548. The van der Waals surface area contributed by atoms with E-state index >= 15 is 0 Å². The van der Waals surface area contributed by atoms with E-state index in [2.05, 4.69) is 13.8 Å². The summed E-state index contributed by atoms with van der Waals surface area (Å²) in [5.41, 5.74) is 0. The van der Waals surface area contributed by atoms with Crippen LogP contribution >= 0.6 is 0 Å². The van der Waals surface area contributed by atoms with Crippen molar-refractivity contribution in [1.29, 1.82) is 0 Å². The predicted octanol–water partition coefficient (Wildman–Crippen LogP) is -0.239. The van der Waals surface area contributed by atoms with Gasteiger partial charge in [0.15, 0.2) is 0 Å². The number of aliphatic hydroxyl groups excluding tert-OH is 2. The SMILES string of the molecule is [CH2-]C(O)CC([CH2-])O.[W].[W]. The van der Waals surface area contributed by atoms with Gasteiger partial charge in [0, 0.05) is 42.1 Å². The van der Waals surface area contributed by atoms with E-state index in [1.165, 1.54) is 0 Å². The Labute approximate surface area is 84.6 Å². The van der Waals surface area contributed by atoms with Gasteiger partial charge in [-0.15, -0.1) is 0 Å². The Kier molecular flexibility index (Phi) is 17.3. The van der Waals surface area contributed by atoms with Crippen molar-refractivity contribution in [3.8, 4) is 0 Å². The fourth-order valence-corrected chi connectivity index (χ4v) is 0.314. The second-order valence-corrected chi connectivity index (χ2v) is 1.54. The summed E-state index contributed by atoms with van der Waals surface area (Å²) in [5, 5.41) is 16.8. The molecular weight excluding hydrogens is 460 g/mol. The second-order valence-electron chi connectivity index (χ2n) is 1.54. The maximum atomic E-state index is 8.41. The molecule has 0 aromatic rings. The van der Waals surface area contributed by atoms with Crippen LogP contribution in [0.1, 0.15) is 6.42 Å². The van der Waals surface area contributed by atoms with Crippen molar-refractivity contribution in [3.63, 3.8) is 0 Å². The van der Waals surface area contributed by atoms with Crippen LogP contribution in [0.15, 0.2) is 0 Å². The average Bonchev–Trinajstić information content (AvgIpc) is 1.27. The third-order valence-electron chi connectivity index (χ3n) is 0.544. The predicted molar refractivity (Wildman–Crippen MR) is 27.3 cm³/mol. The third-order valence-corrected chi connectivity index (χ3v) is 0.544. The van der Waals surface area contributed by atoms with Crippen LogP contribution in [0.4, 0.5) is 0 Å². The molecule has 4 heteroatoms.